The zero-order valence-corrected chi connectivity index (χ0v) is 14.9. The van der Waals surface area contributed by atoms with Crippen LogP contribution in [-0.4, -0.2) is 28.5 Å². The monoisotopic (exact) mass is 354 g/mol. The molecule has 0 bridgehead atoms. The van der Waals surface area contributed by atoms with Gasteiger partial charge in [0.2, 0.25) is 0 Å². The average Bonchev–Trinajstić information content (AvgIpc) is 3.18. The molecule has 6 heteroatoms. The van der Waals surface area contributed by atoms with E-state index in [9.17, 15) is 9.59 Å². The van der Waals surface area contributed by atoms with Crippen LogP contribution in [0, 0.1) is 6.92 Å². The number of rotatable bonds is 7. The average molecular weight is 354 g/mol. The smallest absolute Gasteiger partial charge is 0.311 e. The number of carbonyl (C=O) groups is 2. The fourth-order valence-electron chi connectivity index (χ4n) is 3.25. The number of aryl methyl sites for hydroxylation is 2. The van der Waals surface area contributed by atoms with E-state index >= 15 is 0 Å². The van der Waals surface area contributed by atoms with Crippen LogP contribution >= 0.6 is 0 Å². The lowest BCUT2D eigenvalue weighted by atomic mass is 10.1. The molecule has 2 heterocycles. The van der Waals surface area contributed by atoms with Crippen LogP contribution in [0.4, 0.5) is 0 Å². The molecule has 3 rings (SSSR count). The minimum Gasteiger partial charge on any atom is -0.481 e. The number of furan rings is 1. The zero-order chi connectivity index (χ0) is 18.7. The van der Waals surface area contributed by atoms with Crippen molar-refractivity contribution in [1.29, 1.82) is 0 Å². The summed E-state index contributed by atoms with van der Waals surface area (Å²) < 4.78 is 5.22. The minimum atomic E-state index is -1.03. The van der Waals surface area contributed by atoms with Crippen LogP contribution in [0.3, 0.4) is 0 Å². The first-order chi connectivity index (χ1) is 12.5. The second-order valence-corrected chi connectivity index (χ2v) is 6.30. The van der Waals surface area contributed by atoms with Crippen molar-refractivity contribution in [2.75, 3.05) is 6.54 Å². The maximum absolute atomic E-state index is 12.4. The molecule has 0 radical (unpaired) electrons. The fraction of sp³-hybridized carbons (Fsp3) is 0.300. The fourth-order valence-corrected chi connectivity index (χ4v) is 3.25. The molecule has 0 saturated heterocycles. The lowest BCUT2D eigenvalue weighted by Gasteiger charge is -2.06. The first-order valence-electron chi connectivity index (χ1n) is 8.66. The lowest BCUT2D eigenvalue weighted by molar-refractivity contribution is -0.136. The number of nitrogens with one attached hydrogen (secondary N) is 2. The largest absolute Gasteiger partial charge is 0.481 e. The van der Waals surface area contributed by atoms with E-state index in [-0.39, 0.29) is 18.1 Å². The van der Waals surface area contributed by atoms with Gasteiger partial charge in [0, 0.05) is 29.2 Å². The van der Waals surface area contributed by atoms with Crippen molar-refractivity contribution < 1.29 is 19.1 Å². The Morgan fingerprint density at radius 3 is 2.81 bits per heavy atom. The molecular formula is C20H22N2O4. The van der Waals surface area contributed by atoms with Gasteiger partial charge in [-0.15, -0.1) is 0 Å². The molecule has 26 heavy (non-hydrogen) atoms. The van der Waals surface area contributed by atoms with Crippen LogP contribution in [0.25, 0.3) is 10.9 Å². The Hall–Kier alpha value is -3.02. The number of carboxylic acid groups (broad SMARTS) is 1. The summed E-state index contributed by atoms with van der Waals surface area (Å²) in [5.74, 6) is -1.15. The summed E-state index contributed by atoms with van der Waals surface area (Å²) in [6.07, 6.45) is 4.73. The molecule has 0 aliphatic heterocycles. The van der Waals surface area contributed by atoms with Crippen LogP contribution in [0.2, 0.25) is 0 Å². The van der Waals surface area contributed by atoms with E-state index in [0.29, 0.717) is 24.1 Å². The van der Waals surface area contributed by atoms with Crippen LogP contribution in [-0.2, 0) is 24.1 Å². The number of hydrogen-bond donors (Lipinski definition) is 3. The number of aromatic nitrogens is 1. The third-order valence-electron chi connectivity index (χ3n) is 4.54. The molecule has 3 N–H and O–H groups in total. The number of hydrogen-bond acceptors (Lipinski definition) is 3. The predicted molar refractivity (Wildman–Crippen MR) is 98.5 cm³/mol. The second kappa shape index (κ2) is 7.47. The van der Waals surface area contributed by atoms with Gasteiger partial charge >= 0.3 is 5.97 Å². The van der Waals surface area contributed by atoms with E-state index in [0.717, 1.165) is 17.5 Å². The number of aromatic amines is 1. The first-order valence-corrected chi connectivity index (χ1v) is 8.66. The molecule has 6 nitrogen and oxygen atoms in total. The van der Waals surface area contributed by atoms with Gasteiger partial charge in [0.25, 0.3) is 5.91 Å². The van der Waals surface area contributed by atoms with Gasteiger partial charge in [0.05, 0.1) is 11.8 Å². The van der Waals surface area contributed by atoms with E-state index in [1.165, 1.54) is 17.2 Å². The number of para-hydroxylation sites is 1. The van der Waals surface area contributed by atoms with Crippen molar-refractivity contribution >= 4 is 22.8 Å². The highest BCUT2D eigenvalue weighted by Gasteiger charge is 2.20. The maximum Gasteiger partial charge on any atom is 0.311 e. The highest BCUT2D eigenvalue weighted by atomic mass is 16.4. The topological polar surface area (TPSA) is 95.3 Å². The van der Waals surface area contributed by atoms with E-state index in [4.69, 9.17) is 9.52 Å². The minimum absolute atomic E-state index is 0.187. The Bertz CT molecular complexity index is 952. The second-order valence-electron chi connectivity index (χ2n) is 6.30. The molecule has 0 fully saturated rings. The van der Waals surface area contributed by atoms with Gasteiger partial charge in [0.15, 0.2) is 0 Å². The summed E-state index contributed by atoms with van der Waals surface area (Å²) >= 11 is 0. The number of amides is 1. The third kappa shape index (κ3) is 3.49. The molecule has 0 saturated carbocycles. The summed E-state index contributed by atoms with van der Waals surface area (Å²) in [5.41, 5.74) is 4.51. The number of benzene rings is 1. The van der Waals surface area contributed by atoms with Crippen molar-refractivity contribution in [3.8, 4) is 0 Å². The Kier molecular flexibility index (Phi) is 5.11. The highest BCUT2D eigenvalue weighted by molar-refractivity contribution is 5.97. The first kappa shape index (κ1) is 17.8. The van der Waals surface area contributed by atoms with E-state index in [2.05, 4.69) is 29.4 Å². The summed E-state index contributed by atoms with van der Waals surface area (Å²) in [6, 6.07) is 6.23. The van der Waals surface area contributed by atoms with E-state index in [1.54, 1.807) is 6.92 Å². The lowest BCUT2D eigenvalue weighted by Crippen LogP contribution is -2.27. The van der Waals surface area contributed by atoms with E-state index in [1.807, 2.05) is 12.3 Å². The molecule has 1 amide bonds. The van der Waals surface area contributed by atoms with Crippen LogP contribution < -0.4 is 5.32 Å². The number of carboxylic acids is 1. The van der Waals surface area contributed by atoms with E-state index < -0.39 is 5.97 Å². The van der Waals surface area contributed by atoms with Gasteiger partial charge in [-0.3, -0.25) is 9.59 Å². The maximum atomic E-state index is 12.4. The van der Waals surface area contributed by atoms with Crippen molar-refractivity contribution in [1.82, 2.24) is 10.3 Å². The van der Waals surface area contributed by atoms with Gasteiger partial charge in [-0.05, 0) is 30.9 Å². The molecule has 0 aliphatic carbocycles. The number of fused-ring (bicyclic) bond motifs is 1. The van der Waals surface area contributed by atoms with Gasteiger partial charge in [-0.1, -0.05) is 25.1 Å². The molecule has 0 spiro atoms. The van der Waals surface area contributed by atoms with Crippen LogP contribution in [0.1, 0.15) is 39.7 Å². The molecule has 0 atom stereocenters. The van der Waals surface area contributed by atoms with Gasteiger partial charge in [-0.25, -0.2) is 0 Å². The Morgan fingerprint density at radius 2 is 2.08 bits per heavy atom. The standard InChI is InChI=1S/C20H22N2O4/c1-3-13-5-4-6-15-14(10-22-19(13)15)7-8-21-20(25)18-12(2)11-26-16(18)9-17(23)24/h4-6,10-11,22H,3,7-9H2,1-2H3,(H,21,25)(H,23,24). The molecule has 0 aliphatic rings. The van der Waals surface area contributed by atoms with Crippen molar-refractivity contribution in [3.05, 3.63) is 58.7 Å². The van der Waals surface area contributed by atoms with Crippen molar-refractivity contribution in [2.24, 2.45) is 0 Å². The Morgan fingerprint density at radius 1 is 1.27 bits per heavy atom. The summed E-state index contributed by atoms with van der Waals surface area (Å²) in [4.78, 5) is 26.7. The quantitative estimate of drug-likeness (QED) is 0.607. The van der Waals surface area contributed by atoms with Gasteiger partial charge in [0.1, 0.15) is 12.2 Å². The predicted octanol–water partition coefficient (Wildman–Crippen LogP) is 3.23. The van der Waals surface area contributed by atoms with Crippen LogP contribution in [0.5, 0.6) is 0 Å². The molecule has 2 aromatic heterocycles. The third-order valence-corrected chi connectivity index (χ3v) is 4.54. The van der Waals surface area contributed by atoms with Crippen LogP contribution in [0.15, 0.2) is 35.1 Å². The summed E-state index contributed by atoms with van der Waals surface area (Å²) in [5, 5.41) is 13.0. The molecular weight excluding hydrogens is 332 g/mol. The zero-order valence-electron chi connectivity index (χ0n) is 14.9. The highest BCUT2D eigenvalue weighted by Crippen LogP contribution is 2.22. The normalized spacial score (nSPS) is 11.0. The summed E-state index contributed by atoms with van der Waals surface area (Å²) in [7, 11) is 0. The van der Waals surface area contributed by atoms with Gasteiger partial charge < -0.3 is 19.8 Å². The SMILES string of the molecule is CCc1cccc2c(CCNC(=O)c3c(C)coc3CC(=O)O)c[nH]c12. The Labute approximate surface area is 151 Å². The van der Waals surface area contributed by atoms with Crippen molar-refractivity contribution in [2.45, 2.75) is 33.1 Å². The van der Waals surface area contributed by atoms with Crippen molar-refractivity contribution in [3.63, 3.8) is 0 Å². The number of aliphatic carboxylic acids is 1. The Balaban J connectivity index is 1.68. The molecule has 3 aromatic rings. The number of H-pyrrole nitrogens is 1. The molecule has 136 valence electrons. The molecule has 1 aromatic carbocycles. The summed E-state index contributed by atoms with van der Waals surface area (Å²) in [6.45, 7) is 4.31. The van der Waals surface area contributed by atoms with Gasteiger partial charge in [-0.2, -0.15) is 0 Å². The molecule has 0 unspecified atom stereocenters. The number of carbonyl (C=O) groups excluding carboxylic acids is 1.